The minimum absolute atomic E-state index is 0.134. The van der Waals surface area contributed by atoms with Crippen LogP contribution < -0.4 is 5.32 Å². The standard InChI is InChI=1S/C16H21FN2/c1-2-12-5-3-8-15(9-12)19-11-14-7-4-6-13(10-18)16(14)17/h4,6-7,12,15,19H,2-3,5,8-9,11H2,1H3. The Bertz CT molecular complexity index is 464. The predicted molar refractivity (Wildman–Crippen MR) is 74.0 cm³/mol. The normalized spacial score (nSPS) is 23.0. The summed E-state index contributed by atoms with van der Waals surface area (Å²) in [5.41, 5.74) is 0.729. The van der Waals surface area contributed by atoms with Crippen LogP contribution in [0.2, 0.25) is 0 Å². The number of nitrogens with zero attached hydrogens (tertiary/aromatic N) is 1. The van der Waals surface area contributed by atoms with E-state index in [1.165, 1.54) is 38.2 Å². The second kappa shape index (κ2) is 6.68. The molecule has 102 valence electrons. The highest BCUT2D eigenvalue weighted by molar-refractivity contribution is 5.34. The molecule has 2 atom stereocenters. The van der Waals surface area contributed by atoms with Crippen LogP contribution in [-0.4, -0.2) is 6.04 Å². The van der Waals surface area contributed by atoms with Crippen LogP contribution in [0.3, 0.4) is 0 Å². The average Bonchev–Trinajstić information content (AvgIpc) is 2.46. The molecule has 0 amide bonds. The highest BCUT2D eigenvalue weighted by Crippen LogP contribution is 2.26. The number of rotatable bonds is 4. The van der Waals surface area contributed by atoms with Gasteiger partial charge < -0.3 is 5.32 Å². The molecule has 0 bridgehead atoms. The fourth-order valence-corrected chi connectivity index (χ4v) is 2.90. The zero-order chi connectivity index (χ0) is 13.7. The molecule has 0 spiro atoms. The molecule has 2 unspecified atom stereocenters. The maximum Gasteiger partial charge on any atom is 0.145 e. The summed E-state index contributed by atoms with van der Waals surface area (Å²) in [5, 5.41) is 12.3. The summed E-state index contributed by atoms with van der Waals surface area (Å²) in [6, 6.07) is 7.39. The minimum Gasteiger partial charge on any atom is -0.310 e. The zero-order valence-electron chi connectivity index (χ0n) is 11.5. The van der Waals surface area contributed by atoms with Gasteiger partial charge in [0.25, 0.3) is 0 Å². The monoisotopic (exact) mass is 260 g/mol. The van der Waals surface area contributed by atoms with E-state index < -0.39 is 0 Å². The second-order valence-corrected chi connectivity index (χ2v) is 5.41. The number of nitrogens with one attached hydrogen (secondary N) is 1. The van der Waals surface area contributed by atoms with Gasteiger partial charge in [0.05, 0.1) is 5.56 Å². The summed E-state index contributed by atoms with van der Waals surface area (Å²) in [6.07, 6.45) is 6.19. The fraction of sp³-hybridized carbons (Fsp3) is 0.562. The lowest BCUT2D eigenvalue weighted by Gasteiger charge is -2.29. The lowest BCUT2D eigenvalue weighted by molar-refractivity contribution is 0.277. The van der Waals surface area contributed by atoms with Gasteiger partial charge in [-0.3, -0.25) is 0 Å². The fourth-order valence-electron chi connectivity index (χ4n) is 2.90. The molecule has 0 aromatic heterocycles. The lowest BCUT2D eigenvalue weighted by Crippen LogP contribution is -2.33. The van der Waals surface area contributed by atoms with E-state index in [-0.39, 0.29) is 11.4 Å². The van der Waals surface area contributed by atoms with Crippen LogP contribution in [0.15, 0.2) is 18.2 Å². The largest absolute Gasteiger partial charge is 0.310 e. The SMILES string of the molecule is CCC1CCCC(NCc2cccc(C#N)c2F)C1. The van der Waals surface area contributed by atoms with E-state index in [4.69, 9.17) is 5.26 Å². The minimum atomic E-state index is -0.375. The van der Waals surface area contributed by atoms with Crippen LogP contribution in [0.4, 0.5) is 4.39 Å². The topological polar surface area (TPSA) is 35.8 Å². The summed E-state index contributed by atoms with van der Waals surface area (Å²) in [4.78, 5) is 0. The van der Waals surface area contributed by atoms with Crippen molar-refractivity contribution in [2.24, 2.45) is 5.92 Å². The van der Waals surface area contributed by atoms with Gasteiger partial charge in [-0.25, -0.2) is 4.39 Å². The highest BCUT2D eigenvalue weighted by Gasteiger charge is 2.20. The van der Waals surface area contributed by atoms with Gasteiger partial charge in [0.15, 0.2) is 0 Å². The third kappa shape index (κ3) is 3.54. The average molecular weight is 260 g/mol. The van der Waals surface area contributed by atoms with Gasteiger partial charge in [0.1, 0.15) is 11.9 Å². The number of benzene rings is 1. The van der Waals surface area contributed by atoms with E-state index in [9.17, 15) is 4.39 Å². The Balaban J connectivity index is 1.94. The van der Waals surface area contributed by atoms with E-state index in [0.717, 1.165) is 5.92 Å². The van der Waals surface area contributed by atoms with Crippen LogP contribution in [0.1, 0.15) is 50.2 Å². The summed E-state index contributed by atoms with van der Waals surface area (Å²) in [6.45, 7) is 2.76. The van der Waals surface area contributed by atoms with Gasteiger partial charge in [-0.1, -0.05) is 38.3 Å². The van der Waals surface area contributed by atoms with E-state index in [2.05, 4.69) is 12.2 Å². The van der Waals surface area contributed by atoms with Crippen molar-refractivity contribution < 1.29 is 4.39 Å². The van der Waals surface area contributed by atoms with Gasteiger partial charge in [0, 0.05) is 18.2 Å². The molecule has 1 aliphatic rings. The Kier molecular flexibility index (Phi) is 4.93. The highest BCUT2D eigenvalue weighted by atomic mass is 19.1. The van der Waals surface area contributed by atoms with Crippen molar-refractivity contribution in [3.05, 3.63) is 35.1 Å². The Morgan fingerprint density at radius 1 is 1.42 bits per heavy atom. The van der Waals surface area contributed by atoms with Gasteiger partial charge in [-0.15, -0.1) is 0 Å². The van der Waals surface area contributed by atoms with E-state index in [0.29, 0.717) is 18.2 Å². The summed E-state index contributed by atoms with van der Waals surface area (Å²) in [5.74, 6) is 0.432. The number of hydrogen-bond donors (Lipinski definition) is 1. The third-order valence-electron chi connectivity index (χ3n) is 4.14. The van der Waals surface area contributed by atoms with E-state index >= 15 is 0 Å². The molecular weight excluding hydrogens is 239 g/mol. The number of nitriles is 1. The first-order valence-corrected chi connectivity index (χ1v) is 7.15. The maximum atomic E-state index is 13.9. The second-order valence-electron chi connectivity index (χ2n) is 5.41. The molecule has 2 nitrogen and oxygen atoms in total. The van der Waals surface area contributed by atoms with Gasteiger partial charge in [0.2, 0.25) is 0 Å². The van der Waals surface area contributed by atoms with Crippen molar-refractivity contribution in [3.63, 3.8) is 0 Å². The van der Waals surface area contributed by atoms with Crippen LogP contribution >= 0.6 is 0 Å². The van der Waals surface area contributed by atoms with Crippen LogP contribution in [0, 0.1) is 23.1 Å². The first kappa shape index (κ1) is 14.0. The van der Waals surface area contributed by atoms with Crippen molar-refractivity contribution in [1.29, 1.82) is 5.26 Å². The zero-order valence-corrected chi connectivity index (χ0v) is 11.5. The molecule has 19 heavy (non-hydrogen) atoms. The van der Waals surface area contributed by atoms with Crippen molar-refractivity contribution in [2.45, 2.75) is 51.6 Å². The van der Waals surface area contributed by atoms with Crippen molar-refractivity contribution in [1.82, 2.24) is 5.32 Å². The maximum absolute atomic E-state index is 13.9. The predicted octanol–water partition coefficient (Wildman–Crippen LogP) is 3.76. The molecule has 0 aliphatic heterocycles. The summed E-state index contributed by atoms with van der Waals surface area (Å²) < 4.78 is 13.9. The van der Waals surface area contributed by atoms with Crippen molar-refractivity contribution in [2.75, 3.05) is 0 Å². The molecular formula is C16H21FN2. The molecule has 1 aromatic carbocycles. The quantitative estimate of drug-likeness (QED) is 0.894. The summed E-state index contributed by atoms with van der Waals surface area (Å²) >= 11 is 0. The Morgan fingerprint density at radius 3 is 3.00 bits per heavy atom. The molecule has 1 N–H and O–H groups in total. The van der Waals surface area contributed by atoms with Gasteiger partial charge in [-0.2, -0.15) is 5.26 Å². The molecule has 2 rings (SSSR count). The van der Waals surface area contributed by atoms with E-state index in [1.807, 2.05) is 6.07 Å². The lowest BCUT2D eigenvalue weighted by atomic mass is 9.84. The molecule has 1 saturated carbocycles. The Morgan fingerprint density at radius 2 is 2.26 bits per heavy atom. The summed E-state index contributed by atoms with van der Waals surface area (Å²) in [7, 11) is 0. The molecule has 1 aliphatic carbocycles. The van der Waals surface area contributed by atoms with Gasteiger partial charge in [-0.05, 0) is 24.8 Å². The van der Waals surface area contributed by atoms with Crippen molar-refractivity contribution >= 4 is 0 Å². The van der Waals surface area contributed by atoms with Crippen molar-refractivity contribution in [3.8, 4) is 6.07 Å². The van der Waals surface area contributed by atoms with Crippen LogP contribution in [0.25, 0.3) is 0 Å². The third-order valence-corrected chi connectivity index (χ3v) is 4.14. The molecule has 0 radical (unpaired) electrons. The number of hydrogen-bond acceptors (Lipinski definition) is 2. The van der Waals surface area contributed by atoms with Gasteiger partial charge >= 0.3 is 0 Å². The van der Waals surface area contributed by atoms with Crippen LogP contribution in [-0.2, 0) is 6.54 Å². The molecule has 1 fully saturated rings. The first-order valence-electron chi connectivity index (χ1n) is 7.15. The Labute approximate surface area is 114 Å². The molecule has 1 aromatic rings. The smallest absolute Gasteiger partial charge is 0.145 e. The first-order chi connectivity index (χ1) is 9.24. The molecule has 3 heteroatoms. The van der Waals surface area contributed by atoms with E-state index in [1.54, 1.807) is 12.1 Å². The molecule has 0 saturated heterocycles. The molecule has 0 heterocycles. The van der Waals surface area contributed by atoms with Crippen LogP contribution in [0.5, 0.6) is 0 Å². The number of halogens is 1. The Hall–Kier alpha value is -1.40.